The first kappa shape index (κ1) is 26.4. The van der Waals surface area contributed by atoms with Gasteiger partial charge in [0, 0.05) is 11.1 Å². The van der Waals surface area contributed by atoms with E-state index < -0.39 is 14.0 Å². The highest BCUT2D eigenvalue weighted by Crippen LogP contribution is 2.38. The van der Waals surface area contributed by atoms with Gasteiger partial charge in [0.05, 0.1) is 36.3 Å². The van der Waals surface area contributed by atoms with Crippen LogP contribution in [0.2, 0.25) is 18.1 Å². The third-order valence-corrected chi connectivity index (χ3v) is 11.8. The van der Waals surface area contributed by atoms with Crippen molar-refractivity contribution >= 4 is 19.9 Å². The van der Waals surface area contributed by atoms with E-state index in [4.69, 9.17) is 19.7 Å². The summed E-state index contributed by atoms with van der Waals surface area (Å²) in [5.74, 6) is 0.643. The topological polar surface area (TPSA) is 139 Å². The second kappa shape index (κ2) is 9.86. The highest BCUT2D eigenvalue weighted by atomic mass is 28.4. The number of benzene rings is 1. The molecule has 4 heterocycles. The molecule has 0 saturated heterocycles. The molecule has 0 saturated carbocycles. The zero-order chi connectivity index (χ0) is 27.9. The summed E-state index contributed by atoms with van der Waals surface area (Å²) in [5.41, 5.74) is 10.3. The van der Waals surface area contributed by atoms with Gasteiger partial charge in [-0.2, -0.15) is 10.2 Å². The third-order valence-electron chi connectivity index (χ3n) is 7.33. The maximum absolute atomic E-state index is 13.4. The van der Waals surface area contributed by atoms with E-state index in [0.29, 0.717) is 46.2 Å². The van der Waals surface area contributed by atoms with Gasteiger partial charge in [-0.25, -0.2) is 23.8 Å². The van der Waals surface area contributed by atoms with Gasteiger partial charge in [-0.3, -0.25) is 0 Å². The zero-order valence-electron chi connectivity index (χ0n) is 23.0. The molecule has 0 aliphatic heterocycles. The summed E-state index contributed by atoms with van der Waals surface area (Å²) in [7, 11) is -2.01. The Hall–Kier alpha value is -4.16. The van der Waals surface area contributed by atoms with Crippen molar-refractivity contribution in [2.75, 3.05) is 5.73 Å². The standard InChI is InChI=1S/C27H32N8O3Si/c1-17-21(29-16-37-17)14-34-26(36)35-24(33-34)22(23(31-25(35)28)18-10-8-7-9-11-18)19-12-20(32-30-13-19)15-38-39(5,6)27(2,3)4/h7-13,16H,14-15H2,1-6H3,(H2,28,31). The minimum Gasteiger partial charge on any atom is -0.448 e. The molecule has 0 spiro atoms. The van der Waals surface area contributed by atoms with Crippen molar-refractivity contribution in [2.45, 2.75) is 59.0 Å². The Balaban J connectivity index is 1.67. The normalized spacial score (nSPS) is 12.4. The number of hydrogen-bond donors (Lipinski definition) is 1. The van der Waals surface area contributed by atoms with Crippen LogP contribution in [0, 0.1) is 6.92 Å². The Morgan fingerprint density at radius 2 is 1.87 bits per heavy atom. The van der Waals surface area contributed by atoms with Crippen LogP contribution in [0.25, 0.3) is 28.0 Å². The van der Waals surface area contributed by atoms with Gasteiger partial charge in [0.15, 0.2) is 20.4 Å². The molecule has 0 amide bonds. The van der Waals surface area contributed by atoms with E-state index in [1.165, 1.54) is 15.5 Å². The molecule has 0 unspecified atom stereocenters. The second-order valence-electron chi connectivity index (χ2n) is 11.0. The molecule has 12 heteroatoms. The molecule has 11 nitrogen and oxygen atoms in total. The highest BCUT2D eigenvalue weighted by molar-refractivity contribution is 6.74. The summed E-state index contributed by atoms with van der Waals surface area (Å²) in [4.78, 5) is 22.3. The van der Waals surface area contributed by atoms with Crippen molar-refractivity contribution in [3.63, 3.8) is 0 Å². The van der Waals surface area contributed by atoms with Gasteiger partial charge in [0.2, 0.25) is 5.95 Å². The molecule has 0 fully saturated rings. The molecule has 0 bridgehead atoms. The molecule has 0 aliphatic carbocycles. The molecule has 39 heavy (non-hydrogen) atoms. The fourth-order valence-electron chi connectivity index (χ4n) is 3.99. The molecule has 1 aromatic carbocycles. The first-order valence-electron chi connectivity index (χ1n) is 12.7. The maximum Gasteiger partial charge on any atom is 0.353 e. The molecular formula is C27H32N8O3Si. The average Bonchev–Trinajstić information content (AvgIpc) is 3.45. The van der Waals surface area contributed by atoms with Crippen LogP contribution in [0.3, 0.4) is 0 Å². The van der Waals surface area contributed by atoms with Gasteiger partial charge in [-0.05, 0) is 31.1 Å². The van der Waals surface area contributed by atoms with Gasteiger partial charge in [-0.15, -0.1) is 5.10 Å². The molecule has 4 aromatic heterocycles. The van der Waals surface area contributed by atoms with E-state index in [1.807, 2.05) is 36.4 Å². The number of aromatic nitrogens is 7. The Morgan fingerprint density at radius 1 is 1.13 bits per heavy atom. The molecule has 202 valence electrons. The van der Waals surface area contributed by atoms with Crippen LogP contribution in [-0.4, -0.2) is 42.7 Å². The fourth-order valence-corrected chi connectivity index (χ4v) is 4.93. The van der Waals surface area contributed by atoms with Gasteiger partial charge in [0.25, 0.3) is 0 Å². The minimum atomic E-state index is -2.01. The summed E-state index contributed by atoms with van der Waals surface area (Å²) in [6, 6.07) is 11.5. The molecule has 5 aromatic rings. The second-order valence-corrected chi connectivity index (χ2v) is 15.8. The van der Waals surface area contributed by atoms with Crippen LogP contribution >= 0.6 is 0 Å². The first-order chi connectivity index (χ1) is 18.5. The van der Waals surface area contributed by atoms with E-state index in [9.17, 15) is 4.79 Å². The molecule has 0 aliphatic rings. The number of anilines is 1. The number of nitrogens with zero attached hydrogens (tertiary/aromatic N) is 7. The number of hydrogen-bond acceptors (Lipinski definition) is 9. The van der Waals surface area contributed by atoms with Crippen molar-refractivity contribution in [2.24, 2.45) is 0 Å². The van der Waals surface area contributed by atoms with Crippen molar-refractivity contribution in [1.29, 1.82) is 0 Å². The lowest BCUT2D eigenvalue weighted by Crippen LogP contribution is -2.40. The van der Waals surface area contributed by atoms with Gasteiger partial charge in [-0.1, -0.05) is 51.1 Å². The predicted octanol–water partition coefficient (Wildman–Crippen LogP) is 4.46. The van der Waals surface area contributed by atoms with Gasteiger partial charge in [0.1, 0.15) is 11.5 Å². The molecule has 2 N–H and O–H groups in total. The van der Waals surface area contributed by atoms with E-state index in [-0.39, 0.29) is 17.5 Å². The Labute approximate surface area is 226 Å². The first-order valence-corrected chi connectivity index (χ1v) is 15.6. The van der Waals surface area contributed by atoms with Crippen molar-refractivity contribution in [1.82, 2.24) is 34.3 Å². The summed E-state index contributed by atoms with van der Waals surface area (Å²) in [6.45, 7) is 13.2. The number of fused-ring (bicyclic) bond motifs is 1. The zero-order valence-corrected chi connectivity index (χ0v) is 24.0. The maximum atomic E-state index is 13.4. The Morgan fingerprint density at radius 3 is 2.54 bits per heavy atom. The summed E-state index contributed by atoms with van der Waals surface area (Å²) in [5, 5.41) is 13.3. The van der Waals surface area contributed by atoms with Crippen LogP contribution in [0.1, 0.15) is 37.9 Å². The number of aryl methyl sites for hydroxylation is 1. The van der Waals surface area contributed by atoms with Crippen LogP contribution in [0.4, 0.5) is 5.95 Å². The lowest BCUT2D eigenvalue weighted by molar-refractivity contribution is 0.271. The number of oxazole rings is 1. The van der Waals surface area contributed by atoms with Crippen molar-refractivity contribution < 1.29 is 8.84 Å². The molecule has 0 atom stereocenters. The lowest BCUT2D eigenvalue weighted by Gasteiger charge is -2.36. The van der Waals surface area contributed by atoms with Gasteiger partial charge < -0.3 is 14.6 Å². The van der Waals surface area contributed by atoms with Crippen LogP contribution in [-0.2, 0) is 17.6 Å². The molecular weight excluding hydrogens is 512 g/mol. The van der Waals surface area contributed by atoms with Crippen LogP contribution < -0.4 is 11.4 Å². The van der Waals surface area contributed by atoms with Crippen molar-refractivity contribution in [3.05, 3.63) is 76.6 Å². The van der Waals surface area contributed by atoms with Crippen LogP contribution in [0.5, 0.6) is 0 Å². The Bertz CT molecular complexity index is 1700. The van der Waals surface area contributed by atoms with Crippen molar-refractivity contribution in [3.8, 4) is 22.4 Å². The average molecular weight is 545 g/mol. The van der Waals surface area contributed by atoms with Gasteiger partial charge >= 0.3 is 5.69 Å². The quantitative estimate of drug-likeness (QED) is 0.294. The number of nitrogen functional groups attached to an aromatic ring is 1. The van der Waals surface area contributed by atoms with E-state index >= 15 is 0 Å². The lowest BCUT2D eigenvalue weighted by atomic mass is 10.0. The number of rotatable bonds is 7. The summed E-state index contributed by atoms with van der Waals surface area (Å²) >= 11 is 0. The predicted molar refractivity (Wildman–Crippen MR) is 150 cm³/mol. The largest absolute Gasteiger partial charge is 0.448 e. The molecule has 0 radical (unpaired) electrons. The SMILES string of the molecule is Cc1ocnc1Cn1nc2c(-c3cnnc(CO[Si](C)(C)C(C)(C)C)c3)c(-c3ccccc3)nc(N)n2c1=O. The summed E-state index contributed by atoms with van der Waals surface area (Å²) < 4.78 is 14.3. The fraction of sp³-hybridized carbons (Fsp3) is 0.333. The van der Waals surface area contributed by atoms with E-state index in [0.717, 1.165) is 5.56 Å². The minimum absolute atomic E-state index is 0.0317. The highest BCUT2D eigenvalue weighted by Gasteiger charge is 2.37. The molecule has 5 rings (SSSR count). The van der Waals surface area contributed by atoms with E-state index in [1.54, 1.807) is 13.1 Å². The third kappa shape index (κ3) is 5.00. The number of nitrogens with two attached hydrogens (primary N) is 1. The summed E-state index contributed by atoms with van der Waals surface area (Å²) in [6.07, 6.45) is 2.98. The van der Waals surface area contributed by atoms with Crippen LogP contribution in [0.15, 0.2) is 58.2 Å². The Kier molecular flexibility index (Phi) is 6.68. The van der Waals surface area contributed by atoms with E-state index in [2.05, 4.69) is 54.0 Å². The smallest absolute Gasteiger partial charge is 0.353 e. The monoisotopic (exact) mass is 544 g/mol.